The minimum absolute atomic E-state index is 0.327. The lowest BCUT2D eigenvalue weighted by molar-refractivity contribution is 0.0996. The Labute approximate surface area is 177 Å². The summed E-state index contributed by atoms with van der Waals surface area (Å²) in [5.74, 6) is 0.771. The van der Waals surface area contributed by atoms with Crippen molar-refractivity contribution in [3.05, 3.63) is 45.7 Å². The van der Waals surface area contributed by atoms with E-state index in [9.17, 15) is 4.79 Å². The SMILES string of the molecule is COCCn1c(=NC(=O)c2cc(OC)c(OC)c(OC)c2)sc2cc(Cl)ccc21. The van der Waals surface area contributed by atoms with Crippen molar-refractivity contribution in [1.29, 1.82) is 0 Å². The second-order valence-corrected chi connectivity index (χ2v) is 7.42. The van der Waals surface area contributed by atoms with Crippen molar-refractivity contribution in [3.8, 4) is 17.2 Å². The van der Waals surface area contributed by atoms with Crippen LogP contribution in [-0.4, -0.2) is 45.5 Å². The van der Waals surface area contributed by atoms with Gasteiger partial charge in [0.05, 0.1) is 38.2 Å². The van der Waals surface area contributed by atoms with E-state index in [-0.39, 0.29) is 0 Å². The van der Waals surface area contributed by atoms with E-state index in [4.69, 9.17) is 30.5 Å². The molecule has 0 atom stereocenters. The second-order valence-electron chi connectivity index (χ2n) is 5.97. The number of ether oxygens (including phenoxy) is 4. The minimum atomic E-state index is -0.423. The van der Waals surface area contributed by atoms with Gasteiger partial charge in [0.1, 0.15) is 0 Å². The van der Waals surface area contributed by atoms with E-state index < -0.39 is 5.91 Å². The van der Waals surface area contributed by atoms with Gasteiger partial charge in [-0.2, -0.15) is 4.99 Å². The molecule has 0 radical (unpaired) electrons. The van der Waals surface area contributed by atoms with Crippen molar-refractivity contribution < 1.29 is 23.7 Å². The molecule has 0 unspecified atom stereocenters. The molecule has 7 nitrogen and oxygen atoms in total. The van der Waals surface area contributed by atoms with E-state index in [1.807, 2.05) is 22.8 Å². The van der Waals surface area contributed by atoms with Crippen LogP contribution >= 0.6 is 22.9 Å². The highest BCUT2D eigenvalue weighted by Gasteiger charge is 2.17. The Balaban J connectivity index is 2.12. The van der Waals surface area contributed by atoms with Crippen LogP contribution in [0.5, 0.6) is 17.2 Å². The predicted octanol–water partition coefficient (Wildman–Crippen LogP) is 3.77. The number of rotatable bonds is 7. The van der Waals surface area contributed by atoms with Crippen LogP contribution in [0.15, 0.2) is 35.3 Å². The normalized spacial score (nSPS) is 11.7. The van der Waals surface area contributed by atoms with Crippen molar-refractivity contribution in [2.24, 2.45) is 4.99 Å². The number of halogens is 1. The molecule has 1 amide bonds. The highest BCUT2D eigenvalue weighted by molar-refractivity contribution is 7.16. The summed E-state index contributed by atoms with van der Waals surface area (Å²) in [5, 5.41) is 0.625. The molecule has 0 aliphatic carbocycles. The van der Waals surface area contributed by atoms with Gasteiger partial charge in [0, 0.05) is 24.2 Å². The first kappa shape index (κ1) is 21.2. The fourth-order valence-corrected chi connectivity index (χ4v) is 4.22. The Morgan fingerprint density at radius 2 is 1.76 bits per heavy atom. The molecule has 3 rings (SSSR count). The van der Waals surface area contributed by atoms with E-state index in [0.717, 1.165) is 10.2 Å². The van der Waals surface area contributed by atoms with Crippen LogP contribution in [0.25, 0.3) is 10.2 Å². The van der Waals surface area contributed by atoms with Gasteiger partial charge in [0.25, 0.3) is 5.91 Å². The number of hydrogen-bond acceptors (Lipinski definition) is 6. The van der Waals surface area contributed by atoms with Crippen molar-refractivity contribution >= 4 is 39.1 Å². The van der Waals surface area contributed by atoms with Crippen molar-refractivity contribution in [2.75, 3.05) is 35.0 Å². The van der Waals surface area contributed by atoms with Gasteiger partial charge in [-0.15, -0.1) is 0 Å². The van der Waals surface area contributed by atoms with Gasteiger partial charge in [-0.05, 0) is 30.3 Å². The average Bonchev–Trinajstić information content (AvgIpc) is 3.06. The molecule has 0 saturated carbocycles. The number of methoxy groups -OCH3 is 4. The zero-order valence-corrected chi connectivity index (χ0v) is 18.1. The number of amides is 1. The summed E-state index contributed by atoms with van der Waals surface area (Å²) < 4.78 is 24.0. The fourth-order valence-electron chi connectivity index (χ4n) is 2.89. The van der Waals surface area contributed by atoms with Gasteiger partial charge >= 0.3 is 0 Å². The quantitative estimate of drug-likeness (QED) is 0.563. The van der Waals surface area contributed by atoms with Crippen LogP contribution < -0.4 is 19.0 Å². The van der Waals surface area contributed by atoms with E-state index >= 15 is 0 Å². The number of nitrogens with zero attached hydrogens (tertiary/aromatic N) is 2. The molecule has 0 aliphatic heterocycles. The standard InChI is InChI=1S/C20H21ClN2O5S/c1-25-8-7-23-14-6-5-13(21)11-17(14)29-20(23)22-19(24)12-9-15(26-2)18(28-4)16(10-12)27-3/h5-6,9-11H,7-8H2,1-4H3. The van der Waals surface area contributed by atoms with Gasteiger partial charge in [-0.25, -0.2) is 0 Å². The Morgan fingerprint density at radius 3 is 2.34 bits per heavy atom. The third kappa shape index (κ3) is 4.39. The van der Waals surface area contributed by atoms with Crippen molar-refractivity contribution in [1.82, 2.24) is 4.57 Å². The fraction of sp³-hybridized carbons (Fsp3) is 0.300. The third-order valence-corrected chi connectivity index (χ3v) is 5.55. The Morgan fingerprint density at radius 1 is 1.07 bits per heavy atom. The van der Waals surface area contributed by atoms with Gasteiger partial charge < -0.3 is 23.5 Å². The summed E-state index contributed by atoms with van der Waals surface area (Å²) >= 11 is 7.50. The van der Waals surface area contributed by atoms with Gasteiger partial charge in [0.15, 0.2) is 16.3 Å². The Kier molecular flexibility index (Phi) is 6.79. The lowest BCUT2D eigenvalue weighted by atomic mass is 10.1. The molecular weight excluding hydrogens is 416 g/mol. The van der Waals surface area contributed by atoms with E-state index in [1.165, 1.54) is 32.7 Å². The smallest absolute Gasteiger partial charge is 0.279 e. The molecule has 0 spiro atoms. The summed E-state index contributed by atoms with van der Waals surface area (Å²) in [7, 11) is 6.13. The van der Waals surface area contributed by atoms with E-state index in [1.54, 1.807) is 19.2 Å². The lowest BCUT2D eigenvalue weighted by Crippen LogP contribution is -2.19. The number of fused-ring (bicyclic) bond motifs is 1. The number of carbonyl (C=O) groups is 1. The summed E-state index contributed by atoms with van der Waals surface area (Å²) in [6, 6.07) is 8.74. The van der Waals surface area contributed by atoms with Crippen molar-refractivity contribution in [3.63, 3.8) is 0 Å². The molecule has 0 saturated heterocycles. The molecule has 2 aromatic carbocycles. The third-order valence-electron chi connectivity index (χ3n) is 4.27. The van der Waals surface area contributed by atoms with Crippen LogP contribution in [0.4, 0.5) is 0 Å². The topological polar surface area (TPSA) is 71.3 Å². The molecule has 154 valence electrons. The van der Waals surface area contributed by atoms with E-state index in [0.29, 0.717) is 45.8 Å². The first-order valence-electron chi connectivity index (χ1n) is 8.69. The summed E-state index contributed by atoms with van der Waals surface area (Å²) in [6.07, 6.45) is 0. The summed E-state index contributed by atoms with van der Waals surface area (Å²) in [5.41, 5.74) is 1.26. The summed E-state index contributed by atoms with van der Waals surface area (Å²) in [4.78, 5) is 17.8. The number of benzene rings is 2. The first-order valence-corrected chi connectivity index (χ1v) is 9.88. The molecule has 0 fully saturated rings. The van der Waals surface area contributed by atoms with Crippen LogP contribution in [-0.2, 0) is 11.3 Å². The lowest BCUT2D eigenvalue weighted by Gasteiger charge is -2.12. The van der Waals surface area contributed by atoms with Gasteiger partial charge in [-0.3, -0.25) is 4.79 Å². The number of carbonyl (C=O) groups excluding carboxylic acids is 1. The van der Waals surface area contributed by atoms with E-state index in [2.05, 4.69) is 4.99 Å². The van der Waals surface area contributed by atoms with Crippen LogP contribution in [0, 0.1) is 0 Å². The number of aromatic nitrogens is 1. The maximum absolute atomic E-state index is 12.9. The highest BCUT2D eigenvalue weighted by atomic mass is 35.5. The zero-order chi connectivity index (χ0) is 21.0. The van der Waals surface area contributed by atoms with Gasteiger partial charge in [-0.1, -0.05) is 22.9 Å². The molecule has 1 heterocycles. The molecule has 0 bridgehead atoms. The molecule has 0 aliphatic rings. The highest BCUT2D eigenvalue weighted by Crippen LogP contribution is 2.38. The number of hydrogen-bond donors (Lipinski definition) is 0. The number of thiazole rings is 1. The van der Waals surface area contributed by atoms with Gasteiger partial charge in [0.2, 0.25) is 5.75 Å². The summed E-state index contributed by atoms with van der Waals surface area (Å²) in [6.45, 7) is 1.04. The molecule has 1 aromatic heterocycles. The second kappa shape index (κ2) is 9.30. The van der Waals surface area contributed by atoms with Crippen LogP contribution in [0.1, 0.15) is 10.4 Å². The largest absolute Gasteiger partial charge is 0.493 e. The average molecular weight is 437 g/mol. The molecule has 29 heavy (non-hydrogen) atoms. The maximum Gasteiger partial charge on any atom is 0.279 e. The predicted molar refractivity (Wildman–Crippen MR) is 113 cm³/mol. The molecule has 0 N–H and O–H groups in total. The van der Waals surface area contributed by atoms with Crippen LogP contribution in [0.2, 0.25) is 5.02 Å². The van der Waals surface area contributed by atoms with Crippen LogP contribution in [0.3, 0.4) is 0 Å². The minimum Gasteiger partial charge on any atom is -0.493 e. The molecule has 3 aromatic rings. The molecule has 9 heteroatoms. The monoisotopic (exact) mass is 436 g/mol. The molecular formula is C20H21ClN2O5S. The Bertz CT molecular complexity index is 1080. The zero-order valence-electron chi connectivity index (χ0n) is 16.5. The maximum atomic E-state index is 12.9. The Hall–Kier alpha value is -2.55. The first-order chi connectivity index (χ1) is 14.0. The van der Waals surface area contributed by atoms with Crippen molar-refractivity contribution in [2.45, 2.75) is 6.54 Å².